The van der Waals surface area contributed by atoms with Gasteiger partial charge in [0.05, 0.1) is 11.3 Å². The largest absolute Gasteiger partial charge is 0.339 e. The predicted molar refractivity (Wildman–Crippen MR) is 123 cm³/mol. The summed E-state index contributed by atoms with van der Waals surface area (Å²) in [7, 11) is 0. The molecule has 2 aliphatic heterocycles. The van der Waals surface area contributed by atoms with Crippen LogP contribution in [0, 0.1) is 6.92 Å². The molecule has 0 saturated carbocycles. The molecule has 0 aliphatic carbocycles. The Morgan fingerprint density at radius 1 is 0.969 bits per heavy atom. The van der Waals surface area contributed by atoms with Gasteiger partial charge in [-0.15, -0.1) is 0 Å². The lowest BCUT2D eigenvalue weighted by atomic mass is 10.1. The van der Waals surface area contributed by atoms with E-state index in [0.717, 1.165) is 55.6 Å². The van der Waals surface area contributed by atoms with Crippen molar-refractivity contribution in [2.45, 2.75) is 45.7 Å². The van der Waals surface area contributed by atoms with E-state index in [4.69, 9.17) is 0 Å². The zero-order chi connectivity index (χ0) is 22.5. The number of nitrogens with zero attached hydrogens (tertiary/aromatic N) is 2. The van der Waals surface area contributed by atoms with E-state index in [0.29, 0.717) is 30.8 Å². The van der Waals surface area contributed by atoms with Crippen LogP contribution in [-0.4, -0.2) is 47.3 Å². The molecule has 2 aromatic carbocycles. The molecule has 0 radical (unpaired) electrons. The summed E-state index contributed by atoms with van der Waals surface area (Å²) in [5.41, 5.74) is 3.95. The molecule has 2 heterocycles. The van der Waals surface area contributed by atoms with E-state index in [-0.39, 0.29) is 17.8 Å². The lowest BCUT2D eigenvalue weighted by Gasteiger charge is -2.20. The first-order valence-corrected chi connectivity index (χ1v) is 11.3. The van der Waals surface area contributed by atoms with Gasteiger partial charge in [-0.2, -0.15) is 0 Å². The van der Waals surface area contributed by atoms with Gasteiger partial charge in [0.25, 0.3) is 5.91 Å². The van der Waals surface area contributed by atoms with Gasteiger partial charge in [-0.3, -0.25) is 9.59 Å². The van der Waals surface area contributed by atoms with Crippen LogP contribution in [0.25, 0.3) is 0 Å². The zero-order valence-corrected chi connectivity index (χ0v) is 18.5. The second-order valence-electron chi connectivity index (χ2n) is 8.54. The molecule has 2 fully saturated rings. The van der Waals surface area contributed by atoms with Crippen LogP contribution < -0.4 is 10.6 Å². The molecule has 0 spiro atoms. The molecule has 2 N–H and O–H groups in total. The number of rotatable bonds is 6. The fourth-order valence-electron chi connectivity index (χ4n) is 4.41. The van der Waals surface area contributed by atoms with Crippen molar-refractivity contribution < 1.29 is 14.4 Å². The minimum atomic E-state index is -0.355. The lowest BCUT2D eigenvalue weighted by molar-refractivity contribution is -0.128. The molecule has 7 heteroatoms. The number of hydrogen-bond donors (Lipinski definition) is 2. The maximum absolute atomic E-state index is 13.0. The molecule has 4 amide bonds. The molecule has 7 nitrogen and oxygen atoms in total. The summed E-state index contributed by atoms with van der Waals surface area (Å²) in [6.07, 6.45) is 3.59. The van der Waals surface area contributed by atoms with Gasteiger partial charge in [0.2, 0.25) is 5.91 Å². The average molecular weight is 435 g/mol. The van der Waals surface area contributed by atoms with Crippen molar-refractivity contribution in [1.29, 1.82) is 0 Å². The first-order chi connectivity index (χ1) is 15.5. The number of nitrogens with one attached hydrogen (secondary N) is 2. The highest BCUT2D eigenvalue weighted by molar-refractivity contribution is 6.04. The first kappa shape index (κ1) is 21.9. The monoisotopic (exact) mass is 434 g/mol. The van der Waals surface area contributed by atoms with Gasteiger partial charge in [0.15, 0.2) is 0 Å². The van der Waals surface area contributed by atoms with Gasteiger partial charge in [-0.25, -0.2) is 4.79 Å². The molecule has 0 unspecified atom stereocenters. The maximum atomic E-state index is 13.0. The van der Waals surface area contributed by atoms with Gasteiger partial charge >= 0.3 is 6.03 Å². The lowest BCUT2D eigenvalue weighted by Crippen LogP contribution is -2.32. The number of amides is 4. The molecule has 0 aromatic heterocycles. The van der Waals surface area contributed by atoms with Crippen LogP contribution in [-0.2, 0) is 17.9 Å². The van der Waals surface area contributed by atoms with Gasteiger partial charge in [0, 0.05) is 39.1 Å². The zero-order valence-electron chi connectivity index (χ0n) is 18.5. The number of benzene rings is 2. The fraction of sp³-hybridized carbons (Fsp3) is 0.400. The Labute approximate surface area is 188 Å². The van der Waals surface area contributed by atoms with E-state index in [1.165, 1.54) is 0 Å². The molecule has 2 aromatic rings. The Morgan fingerprint density at radius 2 is 1.72 bits per heavy atom. The summed E-state index contributed by atoms with van der Waals surface area (Å²) >= 11 is 0. The van der Waals surface area contributed by atoms with Gasteiger partial charge in [-0.1, -0.05) is 36.4 Å². The summed E-state index contributed by atoms with van der Waals surface area (Å²) in [5.74, 6) is 0.172. The standard InChI is InChI=1S/C25H30N4O3/c1-18-7-4-10-21(23(18)24(31)28-12-2-3-13-28)27-25(32)26-16-19-8-5-9-20(15-19)17-29-14-6-11-22(29)30/h4-5,7-10,15H,2-3,6,11-14,16-17H2,1H3,(H2,26,27,32). The van der Waals surface area contributed by atoms with Crippen LogP contribution in [0.1, 0.15) is 52.7 Å². The Balaban J connectivity index is 1.37. The van der Waals surface area contributed by atoms with Crippen molar-refractivity contribution in [3.8, 4) is 0 Å². The second kappa shape index (κ2) is 9.85. The summed E-state index contributed by atoms with van der Waals surface area (Å²) in [4.78, 5) is 41.2. The summed E-state index contributed by atoms with van der Waals surface area (Å²) in [6, 6.07) is 13.1. The molecule has 2 saturated heterocycles. The summed E-state index contributed by atoms with van der Waals surface area (Å²) in [5, 5.41) is 5.73. The predicted octanol–water partition coefficient (Wildman–Crippen LogP) is 3.68. The first-order valence-electron chi connectivity index (χ1n) is 11.3. The van der Waals surface area contributed by atoms with Crippen LogP contribution in [0.3, 0.4) is 0 Å². The fourth-order valence-corrected chi connectivity index (χ4v) is 4.41. The number of carbonyl (C=O) groups is 3. The van der Waals surface area contributed by atoms with E-state index in [2.05, 4.69) is 10.6 Å². The van der Waals surface area contributed by atoms with Gasteiger partial charge in [-0.05, 0) is 48.9 Å². The van der Waals surface area contributed by atoms with Crippen LogP contribution in [0.15, 0.2) is 42.5 Å². The van der Waals surface area contributed by atoms with E-state index >= 15 is 0 Å². The van der Waals surface area contributed by atoms with Crippen molar-refractivity contribution in [2.75, 3.05) is 25.0 Å². The van der Waals surface area contributed by atoms with Crippen molar-refractivity contribution >= 4 is 23.5 Å². The number of anilines is 1. The smallest absolute Gasteiger partial charge is 0.319 e. The van der Waals surface area contributed by atoms with Gasteiger partial charge < -0.3 is 20.4 Å². The van der Waals surface area contributed by atoms with E-state index < -0.39 is 0 Å². The number of aryl methyl sites for hydroxylation is 1. The topological polar surface area (TPSA) is 81.8 Å². The minimum absolute atomic E-state index is 0.0277. The highest BCUT2D eigenvalue weighted by Crippen LogP contribution is 2.23. The van der Waals surface area contributed by atoms with Crippen molar-refractivity contribution in [1.82, 2.24) is 15.1 Å². The molecule has 168 valence electrons. The number of hydrogen-bond acceptors (Lipinski definition) is 3. The van der Waals surface area contributed by atoms with Crippen LogP contribution in [0.4, 0.5) is 10.5 Å². The summed E-state index contributed by atoms with van der Waals surface area (Å²) in [6.45, 7) is 5.18. The highest BCUT2D eigenvalue weighted by atomic mass is 16.2. The molecular weight excluding hydrogens is 404 g/mol. The molecular formula is C25H30N4O3. The molecule has 0 bridgehead atoms. The Morgan fingerprint density at radius 3 is 2.47 bits per heavy atom. The van der Waals surface area contributed by atoms with Crippen LogP contribution in [0.5, 0.6) is 0 Å². The minimum Gasteiger partial charge on any atom is -0.339 e. The number of likely N-dealkylation sites (tertiary alicyclic amines) is 2. The molecule has 32 heavy (non-hydrogen) atoms. The van der Waals surface area contributed by atoms with E-state index in [1.54, 1.807) is 6.07 Å². The third-order valence-electron chi connectivity index (χ3n) is 6.12. The second-order valence-corrected chi connectivity index (χ2v) is 8.54. The number of urea groups is 1. The van der Waals surface area contributed by atoms with Gasteiger partial charge in [0.1, 0.15) is 0 Å². The average Bonchev–Trinajstić information content (AvgIpc) is 3.45. The third kappa shape index (κ3) is 5.10. The Hall–Kier alpha value is -3.35. The van der Waals surface area contributed by atoms with Crippen molar-refractivity contribution in [3.63, 3.8) is 0 Å². The van der Waals surface area contributed by atoms with Crippen LogP contribution in [0.2, 0.25) is 0 Å². The molecule has 4 rings (SSSR count). The van der Waals surface area contributed by atoms with E-state index in [9.17, 15) is 14.4 Å². The Kier molecular flexibility index (Phi) is 6.73. The SMILES string of the molecule is Cc1cccc(NC(=O)NCc2cccc(CN3CCCC3=O)c2)c1C(=O)N1CCCC1. The normalized spacial score (nSPS) is 15.8. The van der Waals surface area contributed by atoms with Crippen molar-refractivity contribution in [2.24, 2.45) is 0 Å². The maximum Gasteiger partial charge on any atom is 0.319 e. The Bertz CT molecular complexity index is 1010. The van der Waals surface area contributed by atoms with Crippen LogP contribution >= 0.6 is 0 Å². The number of carbonyl (C=O) groups excluding carboxylic acids is 3. The molecule has 0 atom stereocenters. The highest BCUT2D eigenvalue weighted by Gasteiger charge is 2.24. The van der Waals surface area contributed by atoms with E-state index in [1.807, 2.05) is 53.1 Å². The molecule has 2 aliphatic rings. The summed E-state index contributed by atoms with van der Waals surface area (Å²) < 4.78 is 0. The van der Waals surface area contributed by atoms with Crippen molar-refractivity contribution in [3.05, 3.63) is 64.7 Å². The third-order valence-corrected chi connectivity index (χ3v) is 6.12. The quantitative estimate of drug-likeness (QED) is 0.728.